The molecular weight excluding hydrogens is 790 g/mol. The number of para-hydroxylation sites is 2. The number of halogens is 1. The van der Waals surface area contributed by atoms with Crippen LogP contribution in [0.15, 0.2) is 91.3 Å². The minimum Gasteiger partial charge on any atom is -0.495 e. The smallest absolute Gasteiger partial charge is 0.320 e. The number of pyridine rings is 1. The number of aliphatic carboxylic acids is 1. The van der Waals surface area contributed by atoms with Gasteiger partial charge in [-0.15, -0.1) is 0 Å². The largest absolute Gasteiger partial charge is 0.495 e. The molecule has 61 heavy (non-hydrogen) atoms. The minimum atomic E-state index is -0.832. The minimum absolute atomic E-state index is 0.158. The van der Waals surface area contributed by atoms with Crippen LogP contribution in [0.5, 0.6) is 23.0 Å². The summed E-state index contributed by atoms with van der Waals surface area (Å²) >= 11 is 6.90. The average Bonchev–Trinajstić information content (AvgIpc) is 3.28. The van der Waals surface area contributed by atoms with Gasteiger partial charge in [0.25, 0.3) is 0 Å². The van der Waals surface area contributed by atoms with Crippen molar-refractivity contribution in [3.63, 3.8) is 0 Å². The highest BCUT2D eigenvalue weighted by molar-refractivity contribution is 6.32. The SMILES string of the molecule is COc1ccccc1N1CCN(CCCOc2cccc(-c3cccc(COc4cc(OCc5cncc(C#N)c5)c(CN5CCCC[C@H]5C(=O)O)cc4Cl)c3C)c2C)CC1. The number of benzene rings is 4. The molecule has 1 atom stereocenters. The molecule has 0 amide bonds. The summed E-state index contributed by atoms with van der Waals surface area (Å²) in [6, 6.07) is 27.5. The van der Waals surface area contributed by atoms with E-state index in [9.17, 15) is 15.2 Å². The monoisotopic (exact) mass is 843 g/mol. The molecule has 2 fully saturated rings. The van der Waals surface area contributed by atoms with Crippen molar-refractivity contribution in [2.45, 2.75) is 65.3 Å². The molecule has 5 aromatic rings. The maximum Gasteiger partial charge on any atom is 0.320 e. The molecule has 318 valence electrons. The molecule has 7 rings (SSSR count). The van der Waals surface area contributed by atoms with Gasteiger partial charge >= 0.3 is 5.97 Å². The van der Waals surface area contributed by atoms with E-state index in [0.717, 1.165) is 108 Å². The van der Waals surface area contributed by atoms with Gasteiger partial charge in [0.2, 0.25) is 0 Å². The second kappa shape index (κ2) is 20.6. The highest BCUT2D eigenvalue weighted by atomic mass is 35.5. The third-order valence-electron chi connectivity index (χ3n) is 11.8. The zero-order chi connectivity index (χ0) is 42.7. The van der Waals surface area contributed by atoms with Crippen molar-refractivity contribution >= 4 is 23.3 Å². The molecular formula is C49H54ClN5O6. The molecule has 1 N–H and O–H groups in total. The second-order valence-electron chi connectivity index (χ2n) is 15.7. The standard InChI is InChI=1S/C49H54ClN5O6/c1-34-38(33-61-48-27-47(60-32-37-25-36(28-51)29-52-30-37)39(26-42(48)50)31-55-19-7-6-15-44(55)49(56)57)11-8-12-40(34)41-13-9-17-45(35(41)2)59-24-10-18-53-20-22-54(23-21-53)43-14-4-5-16-46(43)58-3/h4-5,8-9,11-14,16-17,25-27,29-30,44H,6-7,10,15,18-24,31-33H2,1-3H3,(H,56,57)/t44-/m0/s1. The van der Waals surface area contributed by atoms with Crippen LogP contribution < -0.4 is 23.8 Å². The third-order valence-corrected chi connectivity index (χ3v) is 12.1. The molecule has 1 aromatic heterocycles. The Kier molecular flexibility index (Phi) is 14.7. The van der Waals surface area contributed by atoms with Gasteiger partial charge in [0.05, 0.1) is 30.0 Å². The maximum absolute atomic E-state index is 12.1. The van der Waals surface area contributed by atoms with Gasteiger partial charge in [0.1, 0.15) is 48.3 Å². The number of hydrogen-bond donors (Lipinski definition) is 1. The Hall–Kier alpha value is -5.80. The van der Waals surface area contributed by atoms with Gasteiger partial charge in [0.15, 0.2) is 0 Å². The van der Waals surface area contributed by atoms with Crippen LogP contribution >= 0.6 is 11.6 Å². The van der Waals surface area contributed by atoms with Crippen molar-refractivity contribution < 1.29 is 28.8 Å². The topological polar surface area (TPSA) is 121 Å². The van der Waals surface area contributed by atoms with Crippen LogP contribution in [-0.2, 0) is 24.6 Å². The zero-order valence-electron chi connectivity index (χ0n) is 35.2. The number of carboxylic acid groups (broad SMARTS) is 1. The molecule has 2 saturated heterocycles. The van der Waals surface area contributed by atoms with Gasteiger partial charge in [-0.1, -0.05) is 60.5 Å². The van der Waals surface area contributed by atoms with Crippen molar-refractivity contribution in [1.82, 2.24) is 14.8 Å². The lowest BCUT2D eigenvalue weighted by Gasteiger charge is -2.36. The van der Waals surface area contributed by atoms with Crippen LogP contribution in [0, 0.1) is 25.2 Å². The third kappa shape index (κ3) is 10.8. The number of piperazine rings is 1. The van der Waals surface area contributed by atoms with Crippen molar-refractivity contribution in [3.05, 3.63) is 130 Å². The quantitative estimate of drug-likeness (QED) is 0.0903. The fraction of sp³-hybridized carbons (Fsp3) is 0.367. The highest BCUT2D eigenvalue weighted by Crippen LogP contribution is 2.38. The zero-order valence-corrected chi connectivity index (χ0v) is 36.0. The lowest BCUT2D eigenvalue weighted by atomic mass is 9.93. The number of ether oxygens (including phenoxy) is 4. The summed E-state index contributed by atoms with van der Waals surface area (Å²) in [6.45, 7) is 11.2. The van der Waals surface area contributed by atoms with Crippen LogP contribution in [0.1, 0.15) is 59.1 Å². The van der Waals surface area contributed by atoms with Crippen molar-refractivity contribution in [2.24, 2.45) is 0 Å². The number of methoxy groups -OCH3 is 1. The summed E-state index contributed by atoms with van der Waals surface area (Å²) in [5.74, 6) is 1.95. The van der Waals surface area contributed by atoms with E-state index in [1.807, 2.05) is 35.2 Å². The van der Waals surface area contributed by atoms with Gasteiger partial charge in [-0.2, -0.15) is 5.26 Å². The Balaban J connectivity index is 0.998. The summed E-state index contributed by atoms with van der Waals surface area (Å²) in [6.07, 6.45) is 6.48. The Morgan fingerprint density at radius 1 is 0.820 bits per heavy atom. The summed E-state index contributed by atoms with van der Waals surface area (Å²) in [5, 5.41) is 19.7. The van der Waals surface area contributed by atoms with Crippen molar-refractivity contribution in [1.29, 1.82) is 5.26 Å². The fourth-order valence-electron chi connectivity index (χ4n) is 8.34. The van der Waals surface area contributed by atoms with E-state index in [1.54, 1.807) is 25.4 Å². The van der Waals surface area contributed by atoms with E-state index >= 15 is 0 Å². The van der Waals surface area contributed by atoms with Crippen LogP contribution in [0.4, 0.5) is 5.69 Å². The summed E-state index contributed by atoms with van der Waals surface area (Å²) in [4.78, 5) is 23.2. The number of carboxylic acids is 1. The van der Waals surface area contributed by atoms with Gasteiger partial charge < -0.3 is 29.0 Å². The Bertz CT molecular complexity index is 2340. The fourth-order valence-corrected chi connectivity index (χ4v) is 8.58. The van der Waals surface area contributed by atoms with Crippen LogP contribution in [0.2, 0.25) is 5.02 Å². The van der Waals surface area contributed by atoms with Crippen LogP contribution in [-0.4, -0.2) is 84.9 Å². The molecule has 3 heterocycles. The number of nitrogens with zero attached hydrogens (tertiary/aromatic N) is 5. The highest BCUT2D eigenvalue weighted by Gasteiger charge is 2.29. The van der Waals surface area contributed by atoms with E-state index in [4.69, 9.17) is 30.5 Å². The maximum atomic E-state index is 12.1. The Labute approximate surface area is 364 Å². The first-order valence-electron chi connectivity index (χ1n) is 21.0. The summed E-state index contributed by atoms with van der Waals surface area (Å²) in [7, 11) is 1.73. The van der Waals surface area contributed by atoms with E-state index in [-0.39, 0.29) is 13.2 Å². The molecule has 12 heteroatoms. The molecule has 0 unspecified atom stereocenters. The summed E-state index contributed by atoms with van der Waals surface area (Å²) in [5.41, 5.74) is 8.48. The summed E-state index contributed by atoms with van der Waals surface area (Å²) < 4.78 is 24.7. The average molecular weight is 844 g/mol. The molecule has 2 aliphatic rings. The number of hydrogen-bond acceptors (Lipinski definition) is 10. The number of rotatable bonds is 17. The van der Waals surface area contributed by atoms with E-state index in [0.29, 0.717) is 48.2 Å². The molecule has 0 spiro atoms. The van der Waals surface area contributed by atoms with Gasteiger partial charge in [-0.25, -0.2) is 0 Å². The number of likely N-dealkylation sites (tertiary alicyclic amines) is 1. The van der Waals surface area contributed by atoms with Crippen LogP contribution in [0.25, 0.3) is 11.1 Å². The van der Waals surface area contributed by atoms with E-state index in [2.05, 4.69) is 71.1 Å². The lowest BCUT2D eigenvalue weighted by Crippen LogP contribution is -2.46. The van der Waals surface area contributed by atoms with Gasteiger partial charge in [0, 0.05) is 68.9 Å². The lowest BCUT2D eigenvalue weighted by molar-refractivity contribution is -0.144. The number of piperidine rings is 1. The molecule has 4 aromatic carbocycles. The first-order valence-corrected chi connectivity index (χ1v) is 21.4. The molecule has 0 bridgehead atoms. The molecule has 0 radical (unpaired) electrons. The van der Waals surface area contributed by atoms with Gasteiger partial charge in [-0.3, -0.25) is 19.6 Å². The molecule has 0 aliphatic carbocycles. The van der Waals surface area contributed by atoms with E-state index < -0.39 is 12.0 Å². The normalized spacial score (nSPS) is 15.9. The number of aromatic nitrogens is 1. The van der Waals surface area contributed by atoms with Gasteiger partial charge in [-0.05, 0) is 97.8 Å². The number of nitriles is 1. The first-order chi connectivity index (χ1) is 29.7. The Morgan fingerprint density at radius 3 is 2.36 bits per heavy atom. The number of anilines is 1. The second-order valence-corrected chi connectivity index (χ2v) is 16.1. The van der Waals surface area contributed by atoms with Crippen LogP contribution in [0.3, 0.4) is 0 Å². The van der Waals surface area contributed by atoms with Crippen molar-refractivity contribution in [3.8, 4) is 40.2 Å². The Morgan fingerprint density at radius 2 is 1.57 bits per heavy atom. The van der Waals surface area contributed by atoms with Crippen molar-refractivity contribution in [2.75, 3.05) is 57.9 Å². The first kappa shape index (κ1) is 43.3. The predicted octanol–water partition coefficient (Wildman–Crippen LogP) is 9.09. The number of carbonyl (C=O) groups is 1. The predicted molar refractivity (Wildman–Crippen MR) is 238 cm³/mol. The molecule has 2 aliphatic heterocycles. The molecule has 11 nitrogen and oxygen atoms in total. The van der Waals surface area contributed by atoms with E-state index in [1.165, 1.54) is 6.20 Å². The molecule has 0 saturated carbocycles.